The van der Waals surface area contributed by atoms with Crippen LogP contribution >= 0.6 is 0 Å². The molecule has 2 aromatic rings. The van der Waals surface area contributed by atoms with E-state index in [0.717, 1.165) is 5.52 Å². The minimum absolute atomic E-state index is 0.153. The van der Waals surface area contributed by atoms with Crippen LogP contribution in [0.3, 0.4) is 0 Å². The molecule has 2 N–H and O–H groups in total. The van der Waals surface area contributed by atoms with Gasteiger partial charge in [-0.05, 0) is 18.2 Å². The predicted molar refractivity (Wildman–Crippen MR) is 56.6 cm³/mol. The van der Waals surface area contributed by atoms with Crippen molar-refractivity contribution in [3.63, 3.8) is 0 Å². The Morgan fingerprint density at radius 1 is 1.38 bits per heavy atom. The standard InChI is InChI=1S/C11H9NO4/c1-6(13)16-10-5-12-9-3-2-7(11(14)15)4-8(9)10/h2-5,12H,1H3,(H,14,15). The zero-order chi connectivity index (χ0) is 11.7. The number of carbonyl (C=O) groups is 2. The fourth-order valence-electron chi connectivity index (χ4n) is 1.47. The van der Waals surface area contributed by atoms with Crippen molar-refractivity contribution in [3.05, 3.63) is 30.0 Å². The van der Waals surface area contributed by atoms with E-state index >= 15 is 0 Å². The van der Waals surface area contributed by atoms with E-state index < -0.39 is 11.9 Å². The molecule has 82 valence electrons. The molecule has 0 aliphatic rings. The first-order valence-corrected chi connectivity index (χ1v) is 4.61. The number of rotatable bonds is 2. The first-order valence-electron chi connectivity index (χ1n) is 4.61. The zero-order valence-corrected chi connectivity index (χ0v) is 8.48. The molecule has 0 amide bonds. The Morgan fingerprint density at radius 3 is 2.75 bits per heavy atom. The number of H-pyrrole nitrogens is 1. The van der Waals surface area contributed by atoms with Crippen molar-refractivity contribution in [1.82, 2.24) is 4.98 Å². The van der Waals surface area contributed by atoms with Crippen LogP contribution in [0.1, 0.15) is 17.3 Å². The molecule has 0 fully saturated rings. The monoisotopic (exact) mass is 219 g/mol. The van der Waals surface area contributed by atoms with Crippen LogP contribution in [0.2, 0.25) is 0 Å². The van der Waals surface area contributed by atoms with Crippen molar-refractivity contribution in [2.45, 2.75) is 6.92 Å². The Bertz CT molecular complexity index is 570. The van der Waals surface area contributed by atoms with Crippen molar-refractivity contribution in [3.8, 4) is 5.75 Å². The third kappa shape index (κ3) is 1.75. The molecule has 16 heavy (non-hydrogen) atoms. The fraction of sp³-hybridized carbons (Fsp3) is 0.0909. The SMILES string of the molecule is CC(=O)Oc1c[nH]c2ccc(C(=O)O)cc12. The summed E-state index contributed by atoms with van der Waals surface area (Å²) >= 11 is 0. The van der Waals surface area contributed by atoms with Gasteiger partial charge < -0.3 is 14.8 Å². The van der Waals surface area contributed by atoms with Crippen LogP contribution in [0.15, 0.2) is 24.4 Å². The lowest BCUT2D eigenvalue weighted by atomic mass is 10.1. The quantitative estimate of drug-likeness (QED) is 0.754. The van der Waals surface area contributed by atoms with Crippen LogP contribution < -0.4 is 4.74 Å². The second-order valence-electron chi connectivity index (χ2n) is 3.31. The summed E-state index contributed by atoms with van der Waals surface area (Å²) in [5.41, 5.74) is 0.877. The zero-order valence-electron chi connectivity index (χ0n) is 8.48. The summed E-state index contributed by atoms with van der Waals surface area (Å²) in [6, 6.07) is 4.58. The van der Waals surface area contributed by atoms with Gasteiger partial charge in [0.15, 0.2) is 5.75 Å². The highest BCUT2D eigenvalue weighted by Gasteiger charge is 2.10. The average Bonchev–Trinajstić information content (AvgIpc) is 2.60. The van der Waals surface area contributed by atoms with Crippen LogP contribution in [0.5, 0.6) is 5.75 Å². The third-order valence-electron chi connectivity index (χ3n) is 2.14. The fourth-order valence-corrected chi connectivity index (χ4v) is 1.47. The highest BCUT2D eigenvalue weighted by atomic mass is 16.5. The van der Waals surface area contributed by atoms with Crippen LogP contribution in [-0.2, 0) is 4.79 Å². The van der Waals surface area contributed by atoms with E-state index in [1.165, 1.54) is 25.3 Å². The van der Waals surface area contributed by atoms with E-state index in [1.807, 2.05) is 0 Å². The molecule has 1 aromatic carbocycles. The normalized spacial score (nSPS) is 10.3. The van der Waals surface area contributed by atoms with Gasteiger partial charge in [-0.25, -0.2) is 4.79 Å². The molecular weight excluding hydrogens is 210 g/mol. The van der Waals surface area contributed by atoms with Gasteiger partial charge in [-0.2, -0.15) is 0 Å². The third-order valence-corrected chi connectivity index (χ3v) is 2.14. The molecule has 1 aromatic heterocycles. The smallest absolute Gasteiger partial charge is 0.335 e. The number of carboxylic acids is 1. The van der Waals surface area contributed by atoms with Gasteiger partial charge in [0.2, 0.25) is 0 Å². The average molecular weight is 219 g/mol. The number of aromatic amines is 1. The molecule has 0 aliphatic heterocycles. The molecule has 1 heterocycles. The maximum absolute atomic E-state index is 10.8. The van der Waals surface area contributed by atoms with E-state index in [9.17, 15) is 9.59 Å². The molecular formula is C11H9NO4. The minimum atomic E-state index is -1.02. The Labute approximate surface area is 90.6 Å². The summed E-state index contributed by atoms with van der Waals surface area (Å²) in [4.78, 5) is 24.5. The van der Waals surface area contributed by atoms with Gasteiger partial charge in [-0.15, -0.1) is 0 Å². The molecule has 5 nitrogen and oxygen atoms in total. The molecule has 0 unspecified atom stereocenters. The van der Waals surface area contributed by atoms with Gasteiger partial charge in [0, 0.05) is 24.0 Å². The van der Waals surface area contributed by atoms with E-state index in [4.69, 9.17) is 9.84 Å². The molecule has 0 atom stereocenters. The minimum Gasteiger partial charge on any atom is -0.478 e. The van der Waals surface area contributed by atoms with Crippen LogP contribution in [0.25, 0.3) is 10.9 Å². The lowest BCUT2D eigenvalue weighted by Crippen LogP contribution is -2.01. The van der Waals surface area contributed by atoms with E-state index in [0.29, 0.717) is 11.1 Å². The van der Waals surface area contributed by atoms with E-state index in [-0.39, 0.29) is 5.56 Å². The number of nitrogens with one attached hydrogen (secondary N) is 1. The number of aromatic nitrogens is 1. The molecule has 0 radical (unpaired) electrons. The summed E-state index contributed by atoms with van der Waals surface area (Å²) in [6.07, 6.45) is 1.53. The maximum Gasteiger partial charge on any atom is 0.335 e. The van der Waals surface area contributed by atoms with Crippen molar-refractivity contribution < 1.29 is 19.4 Å². The summed E-state index contributed by atoms with van der Waals surface area (Å²) in [6.45, 7) is 1.29. The van der Waals surface area contributed by atoms with Crippen molar-refractivity contribution >= 4 is 22.8 Å². The van der Waals surface area contributed by atoms with Gasteiger partial charge in [0.1, 0.15) is 0 Å². The van der Waals surface area contributed by atoms with Gasteiger partial charge in [-0.1, -0.05) is 0 Å². The molecule has 0 saturated heterocycles. The van der Waals surface area contributed by atoms with Gasteiger partial charge in [0.25, 0.3) is 0 Å². The Balaban J connectivity index is 2.55. The van der Waals surface area contributed by atoms with Crippen LogP contribution in [-0.4, -0.2) is 22.0 Å². The molecule has 0 spiro atoms. The lowest BCUT2D eigenvalue weighted by Gasteiger charge is -1.99. The molecule has 0 aliphatic carbocycles. The molecule has 5 heteroatoms. The second-order valence-corrected chi connectivity index (χ2v) is 3.31. The molecule has 0 bridgehead atoms. The number of hydrogen-bond acceptors (Lipinski definition) is 3. The maximum atomic E-state index is 10.8. The Kier molecular flexibility index (Phi) is 2.36. The summed E-state index contributed by atoms with van der Waals surface area (Å²) in [5.74, 6) is -1.12. The lowest BCUT2D eigenvalue weighted by molar-refractivity contribution is -0.131. The second kappa shape index (κ2) is 3.69. The number of carbonyl (C=O) groups excluding carboxylic acids is 1. The summed E-state index contributed by atoms with van der Waals surface area (Å²) in [7, 11) is 0. The number of hydrogen-bond donors (Lipinski definition) is 2. The van der Waals surface area contributed by atoms with E-state index in [2.05, 4.69) is 4.98 Å². The van der Waals surface area contributed by atoms with Crippen molar-refractivity contribution in [2.75, 3.05) is 0 Å². The number of benzene rings is 1. The Hall–Kier alpha value is -2.30. The Morgan fingerprint density at radius 2 is 2.12 bits per heavy atom. The van der Waals surface area contributed by atoms with Crippen LogP contribution in [0.4, 0.5) is 0 Å². The number of aromatic carboxylic acids is 1. The van der Waals surface area contributed by atoms with Crippen molar-refractivity contribution in [1.29, 1.82) is 0 Å². The summed E-state index contributed by atoms with van der Waals surface area (Å²) in [5, 5.41) is 9.42. The largest absolute Gasteiger partial charge is 0.478 e. The number of fused-ring (bicyclic) bond motifs is 1. The summed E-state index contributed by atoms with van der Waals surface area (Å²) < 4.78 is 4.94. The highest BCUT2D eigenvalue weighted by Crippen LogP contribution is 2.26. The molecule has 0 saturated carbocycles. The van der Waals surface area contributed by atoms with Gasteiger partial charge in [-0.3, -0.25) is 4.79 Å². The topological polar surface area (TPSA) is 79.4 Å². The highest BCUT2D eigenvalue weighted by molar-refractivity contribution is 5.96. The number of carboxylic acid groups (broad SMARTS) is 1. The molecule has 2 rings (SSSR count). The number of ether oxygens (including phenoxy) is 1. The first kappa shape index (κ1) is 10.2. The number of esters is 1. The van der Waals surface area contributed by atoms with Crippen LogP contribution in [0, 0.1) is 0 Å². The van der Waals surface area contributed by atoms with Gasteiger partial charge in [0.05, 0.1) is 5.56 Å². The predicted octanol–water partition coefficient (Wildman–Crippen LogP) is 1.79. The van der Waals surface area contributed by atoms with Gasteiger partial charge >= 0.3 is 11.9 Å². The first-order chi connectivity index (χ1) is 7.58. The van der Waals surface area contributed by atoms with E-state index in [1.54, 1.807) is 6.07 Å². The van der Waals surface area contributed by atoms with Crippen molar-refractivity contribution in [2.24, 2.45) is 0 Å².